The molecule has 2 aromatic carbocycles. The Morgan fingerprint density at radius 3 is 2.88 bits per heavy atom. The largest absolute Gasteiger partial charge is 0.497 e. The maximum atomic E-state index is 11.9. The second-order valence-corrected chi connectivity index (χ2v) is 3.48. The molecular formula is C14H12NO2. The number of ether oxygens (including phenoxy) is 1. The number of anilines is 1. The molecule has 3 heteroatoms. The van der Waals surface area contributed by atoms with Crippen LogP contribution in [0.5, 0.6) is 5.75 Å². The minimum Gasteiger partial charge on any atom is -0.497 e. The standard InChI is InChI=1S/C14H12NO2/c1-17-13-9-5-6-11(10-13)14(16)15-12-7-3-2-4-8-12/h2-3,5-10H,1H3,(H,15,16). The maximum absolute atomic E-state index is 11.9. The van der Waals surface area contributed by atoms with E-state index in [0.717, 1.165) is 5.69 Å². The highest BCUT2D eigenvalue weighted by Crippen LogP contribution is 2.14. The Hall–Kier alpha value is -2.29. The van der Waals surface area contributed by atoms with Crippen LogP contribution in [0.3, 0.4) is 0 Å². The summed E-state index contributed by atoms with van der Waals surface area (Å²) in [7, 11) is 1.57. The van der Waals surface area contributed by atoms with E-state index in [-0.39, 0.29) is 5.91 Å². The second-order valence-electron chi connectivity index (χ2n) is 3.48. The summed E-state index contributed by atoms with van der Waals surface area (Å²) in [5.74, 6) is 0.501. The van der Waals surface area contributed by atoms with E-state index in [1.807, 2.05) is 12.1 Å². The van der Waals surface area contributed by atoms with Crippen molar-refractivity contribution in [2.75, 3.05) is 12.4 Å². The van der Waals surface area contributed by atoms with Gasteiger partial charge in [0.05, 0.1) is 7.11 Å². The normalized spacial score (nSPS) is 9.71. The van der Waals surface area contributed by atoms with Crippen LogP contribution in [-0.2, 0) is 0 Å². The number of methoxy groups -OCH3 is 1. The predicted octanol–water partition coefficient (Wildman–Crippen LogP) is 2.75. The van der Waals surface area contributed by atoms with E-state index in [1.165, 1.54) is 0 Å². The van der Waals surface area contributed by atoms with Crippen molar-refractivity contribution < 1.29 is 9.53 Å². The highest BCUT2D eigenvalue weighted by atomic mass is 16.5. The molecule has 0 aromatic heterocycles. The Labute approximate surface area is 100 Å². The second kappa shape index (κ2) is 5.16. The molecule has 1 N–H and O–H groups in total. The molecule has 0 aliphatic carbocycles. The molecule has 0 atom stereocenters. The molecule has 0 spiro atoms. The summed E-state index contributed by atoms with van der Waals surface area (Å²) in [4.78, 5) is 11.9. The van der Waals surface area contributed by atoms with E-state index in [4.69, 9.17) is 4.74 Å². The van der Waals surface area contributed by atoms with Gasteiger partial charge in [-0.25, -0.2) is 0 Å². The number of hydrogen-bond acceptors (Lipinski definition) is 2. The maximum Gasteiger partial charge on any atom is 0.255 e. The Morgan fingerprint density at radius 1 is 1.29 bits per heavy atom. The third kappa shape index (κ3) is 2.84. The van der Waals surface area contributed by atoms with Crippen LogP contribution >= 0.6 is 0 Å². The average Bonchev–Trinajstić information content (AvgIpc) is 2.40. The molecule has 0 unspecified atom stereocenters. The molecule has 0 saturated carbocycles. The van der Waals surface area contributed by atoms with Crippen LogP contribution in [0.1, 0.15) is 10.4 Å². The van der Waals surface area contributed by atoms with Crippen LogP contribution in [-0.4, -0.2) is 13.0 Å². The average molecular weight is 226 g/mol. The topological polar surface area (TPSA) is 38.3 Å². The van der Waals surface area contributed by atoms with Crippen molar-refractivity contribution in [1.29, 1.82) is 0 Å². The van der Waals surface area contributed by atoms with Gasteiger partial charge in [0.2, 0.25) is 0 Å². The number of nitrogens with one attached hydrogen (secondary N) is 1. The Bertz CT molecular complexity index is 509. The Balaban J connectivity index is 2.14. The molecule has 2 aromatic rings. The summed E-state index contributed by atoms with van der Waals surface area (Å²) >= 11 is 0. The molecule has 2 rings (SSSR count). The van der Waals surface area contributed by atoms with Crippen molar-refractivity contribution in [2.45, 2.75) is 0 Å². The van der Waals surface area contributed by atoms with Crippen LogP contribution in [0, 0.1) is 6.07 Å². The van der Waals surface area contributed by atoms with Gasteiger partial charge in [0.25, 0.3) is 5.91 Å². The van der Waals surface area contributed by atoms with Gasteiger partial charge in [-0.15, -0.1) is 0 Å². The lowest BCUT2D eigenvalue weighted by Gasteiger charge is -2.06. The fourth-order valence-electron chi connectivity index (χ4n) is 1.44. The molecule has 17 heavy (non-hydrogen) atoms. The molecule has 1 radical (unpaired) electrons. The van der Waals surface area contributed by atoms with E-state index in [9.17, 15) is 4.79 Å². The molecule has 85 valence electrons. The SMILES string of the molecule is COc1cccc(C(=O)Nc2c[c]ccc2)c1. The first-order valence-corrected chi connectivity index (χ1v) is 5.21. The van der Waals surface area contributed by atoms with Gasteiger partial charge in [0.1, 0.15) is 5.75 Å². The van der Waals surface area contributed by atoms with E-state index >= 15 is 0 Å². The van der Waals surface area contributed by atoms with Crippen LogP contribution in [0.15, 0.2) is 48.5 Å². The first-order chi connectivity index (χ1) is 8.29. The summed E-state index contributed by atoms with van der Waals surface area (Å²) in [5, 5.41) is 2.78. The van der Waals surface area contributed by atoms with Crippen LogP contribution in [0.2, 0.25) is 0 Å². The fraction of sp³-hybridized carbons (Fsp3) is 0.0714. The zero-order valence-corrected chi connectivity index (χ0v) is 9.44. The minimum atomic E-state index is -0.163. The first-order valence-electron chi connectivity index (χ1n) is 5.21. The number of benzene rings is 2. The van der Waals surface area contributed by atoms with Crippen molar-refractivity contribution in [1.82, 2.24) is 0 Å². The first kappa shape index (κ1) is 11.2. The van der Waals surface area contributed by atoms with Gasteiger partial charge < -0.3 is 10.1 Å². The van der Waals surface area contributed by atoms with Gasteiger partial charge in [0.15, 0.2) is 0 Å². The molecule has 0 saturated heterocycles. The molecule has 0 heterocycles. The summed E-state index contributed by atoms with van der Waals surface area (Å²) in [6, 6.07) is 17.1. The van der Waals surface area contributed by atoms with E-state index in [2.05, 4.69) is 11.4 Å². The van der Waals surface area contributed by atoms with E-state index in [1.54, 1.807) is 43.5 Å². The number of amides is 1. The number of rotatable bonds is 3. The molecule has 0 fully saturated rings. The molecule has 0 aliphatic rings. The van der Waals surface area contributed by atoms with Crippen molar-refractivity contribution >= 4 is 11.6 Å². The third-order valence-corrected chi connectivity index (χ3v) is 2.30. The van der Waals surface area contributed by atoms with Crippen molar-refractivity contribution in [3.63, 3.8) is 0 Å². The summed E-state index contributed by atoms with van der Waals surface area (Å²) in [5.41, 5.74) is 1.29. The monoisotopic (exact) mass is 226 g/mol. The quantitative estimate of drug-likeness (QED) is 0.873. The van der Waals surface area contributed by atoms with Crippen molar-refractivity contribution in [3.05, 3.63) is 60.2 Å². The van der Waals surface area contributed by atoms with E-state index in [0.29, 0.717) is 11.3 Å². The summed E-state index contributed by atoms with van der Waals surface area (Å²) in [6.07, 6.45) is 0. The van der Waals surface area contributed by atoms with Gasteiger partial charge in [-0.2, -0.15) is 0 Å². The Morgan fingerprint density at radius 2 is 2.18 bits per heavy atom. The molecular weight excluding hydrogens is 214 g/mol. The highest BCUT2D eigenvalue weighted by molar-refractivity contribution is 6.04. The summed E-state index contributed by atoms with van der Waals surface area (Å²) in [6.45, 7) is 0. The van der Waals surface area contributed by atoms with Crippen molar-refractivity contribution in [3.8, 4) is 5.75 Å². The molecule has 1 amide bonds. The van der Waals surface area contributed by atoms with Gasteiger partial charge in [-0.05, 0) is 36.4 Å². The van der Waals surface area contributed by atoms with Crippen LogP contribution < -0.4 is 10.1 Å². The van der Waals surface area contributed by atoms with Crippen LogP contribution in [0.25, 0.3) is 0 Å². The van der Waals surface area contributed by atoms with Gasteiger partial charge in [-0.1, -0.05) is 18.2 Å². The Kier molecular flexibility index (Phi) is 3.40. The van der Waals surface area contributed by atoms with Crippen LogP contribution in [0.4, 0.5) is 5.69 Å². The smallest absolute Gasteiger partial charge is 0.255 e. The van der Waals surface area contributed by atoms with Crippen molar-refractivity contribution in [2.24, 2.45) is 0 Å². The zero-order valence-electron chi connectivity index (χ0n) is 9.44. The lowest BCUT2D eigenvalue weighted by atomic mass is 10.2. The third-order valence-electron chi connectivity index (χ3n) is 2.30. The lowest BCUT2D eigenvalue weighted by Crippen LogP contribution is -2.11. The number of carbonyl (C=O) groups excluding carboxylic acids is 1. The molecule has 0 bridgehead atoms. The van der Waals surface area contributed by atoms with Gasteiger partial charge in [-0.3, -0.25) is 4.79 Å². The van der Waals surface area contributed by atoms with Gasteiger partial charge >= 0.3 is 0 Å². The van der Waals surface area contributed by atoms with E-state index < -0.39 is 0 Å². The predicted molar refractivity (Wildman–Crippen MR) is 66.2 cm³/mol. The lowest BCUT2D eigenvalue weighted by molar-refractivity contribution is 0.102. The zero-order chi connectivity index (χ0) is 12.1. The molecule has 3 nitrogen and oxygen atoms in total. The minimum absolute atomic E-state index is 0.163. The number of carbonyl (C=O) groups is 1. The number of hydrogen-bond donors (Lipinski definition) is 1. The fourth-order valence-corrected chi connectivity index (χ4v) is 1.44. The molecule has 0 aliphatic heterocycles. The van der Waals surface area contributed by atoms with Gasteiger partial charge in [0, 0.05) is 11.3 Å². The highest BCUT2D eigenvalue weighted by Gasteiger charge is 2.06. The summed E-state index contributed by atoms with van der Waals surface area (Å²) < 4.78 is 5.07.